The van der Waals surface area contributed by atoms with Crippen LogP contribution in [0.5, 0.6) is 0 Å². The Balaban J connectivity index is 1.68. The van der Waals surface area contributed by atoms with Crippen LogP contribution in [0.25, 0.3) is 0 Å². The van der Waals surface area contributed by atoms with Crippen LogP contribution in [0.15, 0.2) is 78.9 Å². The molecule has 0 bridgehead atoms. The highest BCUT2D eigenvalue weighted by atomic mass is 35.5. The van der Waals surface area contributed by atoms with Crippen molar-refractivity contribution in [2.75, 3.05) is 6.54 Å². The summed E-state index contributed by atoms with van der Waals surface area (Å²) in [6.45, 7) is 0.563. The molecule has 0 aliphatic rings. The minimum Gasteiger partial charge on any atom is -0.352 e. The number of hydrogen-bond acceptors (Lipinski definition) is 1. The van der Waals surface area contributed by atoms with E-state index in [0.29, 0.717) is 22.2 Å². The zero-order valence-electron chi connectivity index (χ0n) is 14.2. The minimum absolute atomic E-state index is 0.150. The molecule has 0 fully saturated rings. The van der Waals surface area contributed by atoms with Gasteiger partial charge in [0, 0.05) is 18.0 Å². The quantitative estimate of drug-likeness (QED) is 0.559. The van der Waals surface area contributed by atoms with E-state index in [4.69, 9.17) is 23.2 Å². The number of carbonyl (C=O) groups excluding carboxylic acids is 1. The molecule has 3 aromatic rings. The van der Waals surface area contributed by atoms with Crippen LogP contribution in [0.4, 0.5) is 0 Å². The predicted octanol–water partition coefficient (Wildman–Crippen LogP) is 5.95. The molecule has 0 atom stereocenters. The van der Waals surface area contributed by atoms with Crippen LogP contribution >= 0.6 is 23.2 Å². The third-order valence-corrected chi connectivity index (χ3v) is 5.04. The van der Waals surface area contributed by atoms with Gasteiger partial charge in [0.1, 0.15) is 0 Å². The molecule has 0 aliphatic heterocycles. The molecule has 1 N–H and O–H groups in total. The van der Waals surface area contributed by atoms with E-state index in [2.05, 4.69) is 29.6 Å². The number of halogens is 2. The Morgan fingerprint density at radius 1 is 0.808 bits per heavy atom. The molecule has 0 saturated heterocycles. The van der Waals surface area contributed by atoms with Crippen molar-refractivity contribution in [2.45, 2.75) is 12.3 Å². The van der Waals surface area contributed by atoms with Crippen molar-refractivity contribution >= 4 is 29.1 Å². The molecular formula is C22H19Cl2NO. The zero-order chi connectivity index (χ0) is 18.4. The van der Waals surface area contributed by atoms with Gasteiger partial charge in [0.05, 0.1) is 10.0 Å². The molecule has 3 rings (SSSR count). The Morgan fingerprint density at radius 2 is 1.38 bits per heavy atom. The van der Waals surface area contributed by atoms with Crippen LogP contribution < -0.4 is 5.32 Å². The highest BCUT2D eigenvalue weighted by Crippen LogP contribution is 2.27. The summed E-state index contributed by atoms with van der Waals surface area (Å²) in [5.74, 6) is 0.0787. The first-order valence-electron chi connectivity index (χ1n) is 8.48. The largest absolute Gasteiger partial charge is 0.352 e. The number of amides is 1. The second kappa shape index (κ2) is 8.88. The van der Waals surface area contributed by atoms with Gasteiger partial charge >= 0.3 is 0 Å². The molecule has 0 aliphatic carbocycles. The average Bonchev–Trinajstić information content (AvgIpc) is 2.68. The molecule has 2 nitrogen and oxygen atoms in total. The van der Waals surface area contributed by atoms with Gasteiger partial charge < -0.3 is 5.32 Å². The first kappa shape index (κ1) is 18.5. The van der Waals surface area contributed by atoms with Gasteiger partial charge in [-0.1, -0.05) is 83.9 Å². The summed E-state index contributed by atoms with van der Waals surface area (Å²) < 4.78 is 0. The van der Waals surface area contributed by atoms with Crippen LogP contribution in [0.2, 0.25) is 10.0 Å². The lowest BCUT2D eigenvalue weighted by atomic mass is 9.88. The Bertz CT molecular complexity index is 826. The lowest BCUT2D eigenvalue weighted by Crippen LogP contribution is -2.25. The monoisotopic (exact) mass is 383 g/mol. The van der Waals surface area contributed by atoms with Crippen molar-refractivity contribution in [2.24, 2.45) is 0 Å². The standard InChI is InChI=1S/C22H19Cl2NO/c23-20-12-11-18(15-21(20)24)22(26)25-14-13-19(16-7-3-1-4-8-16)17-9-5-2-6-10-17/h1-12,15,19H,13-14H2,(H,25,26). The fraction of sp³-hybridized carbons (Fsp3) is 0.136. The Hall–Kier alpha value is -2.29. The summed E-state index contributed by atoms with van der Waals surface area (Å²) in [6.07, 6.45) is 0.807. The fourth-order valence-corrected chi connectivity index (χ4v) is 3.26. The normalized spacial score (nSPS) is 10.7. The van der Waals surface area contributed by atoms with E-state index in [9.17, 15) is 4.79 Å². The van der Waals surface area contributed by atoms with Crippen molar-refractivity contribution in [3.05, 3.63) is 106 Å². The maximum atomic E-state index is 12.3. The van der Waals surface area contributed by atoms with Crippen molar-refractivity contribution in [1.29, 1.82) is 0 Å². The van der Waals surface area contributed by atoms with Crippen molar-refractivity contribution in [1.82, 2.24) is 5.32 Å². The van der Waals surface area contributed by atoms with E-state index in [1.165, 1.54) is 11.1 Å². The summed E-state index contributed by atoms with van der Waals surface area (Å²) in [5.41, 5.74) is 2.99. The topological polar surface area (TPSA) is 29.1 Å². The SMILES string of the molecule is O=C(NCCC(c1ccccc1)c1ccccc1)c1ccc(Cl)c(Cl)c1. The van der Waals surface area contributed by atoms with Gasteiger partial charge in [-0.25, -0.2) is 0 Å². The van der Waals surface area contributed by atoms with Gasteiger partial charge in [0.15, 0.2) is 0 Å². The van der Waals surface area contributed by atoms with E-state index < -0.39 is 0 Å². The molecule has 1 amide bonds. The fourth-order valence-electron chi connectivity index (χ4n) is 2.97. The molecule has 0 aromatic heterocycles. The molecule has 0 saturated carbocycles. The molecule has 0 heterocycles. The lowest BCUT2D eigenvalue weighted by molar-refractivity contribution is 0.0953. The number of rotatable bonds is 6. The molecule has 26 heavy (non-hydrogen) atoms. The van der Waals surface area contributed by atoms with E-state index in [1.807, 2.05) is 36.4 Å². The van der Waals surface area contributed by atoms with E-state index >= 15 is 0 Å². The van der Waals surface area contributed by atoms with Gasteiger partial charge in [-0.15, -0.1) is 0 Å². The third kappa shape index (κ3) is 4.66. The van der Waals surface area contributed by atoms with Crippen LogP contribution in [-0.2, 0) is 0 Å². The Kier molecular flexibility index (Phi) is 6.32. The molecule has 0 spiro atoms. The van der Waals surface area contributed by atoms with Gasteiger partial charge in [-0.2, -0.15) is 0 Å². The van der Waals surface area contributed by atoms with Gasteiger partial charge in [0.2, 0.25) is 0 Å². The van der Waals surface area contributed by atoms with E-state index in [1.54, 1.807) is 18.2 Å². The summed E-state index contributed by atoms with van der Waals surface area (Å²) in [5, 5.41) is 3.80. The first-order chi connectivity index (χ1) is 12.6. The maximum absolute atomic E-state index is 12.3. The van der Waals surface area contributed by atoms with Crippen LogP contribution in [-0.4, -0.2) is 12.5 Å². The molecular weight excluding hydrogens is 365 g/mol. The summed E-state index contributed by atoms with van der Waals surface area (Å²) in [7, 11) is 0. The molecule has 0 unspecified atom stereocenters. The van der Waals surface area contributed by atoms with Gasteiger partial charge in [0.25, 0.3) is 5.91 Å². The smallest absolute Gasteiger partial charge is 0.251 e. The molecule has 4 heteroatoms. The van der Waals surface area contributed by atoms with E-state index in [-0.39, 0.29) is 11.8 Å². The maximum Gasteiger partial charge on any atom is 0.251 e. The zero-order valence-corrected chi connectivity index (χ0v) is 15.7. The molecule has 3 aromatic carbocycles. The predicted molar refractivity (Wildman–Crippen MR) is 108 cm³/mol. The van der Waals surface area contributed by atoms with Crippen LogP contribution in [0, 0.1) is 0 Å². The van der Waals surface area contributed by atoms with Gasteiger partial charge in [-0.05, 0) is 35.7 Å². The van der Waals surface area contributed by atoms with Crippen molar-refractivity contribution in [3.8, 4) is 0 Å². The van der Waals surface area contributed by atoms with Crippen LogP contribution in [0.3, 0.4) is 0 Å². The minimum atomic E-state index is -0.150. The number of nitrogens with one attached hydrogen (secondary N) is 1. The summed E-state index contributed by atoms with van der Waals surface area (Å²) in [6, 6.07) is 25.6. The molecule has 132 valence electrons. The Morgan fingerprint density at radius 3 is 1.92 bits per heavy atom. The van der Waals surface area contributed by atoms with Gasteiger partial charge in [-0.3, -0.25) is 4.79 Å². The van der Waals surface area contributed by atoms with Crippen molar-refractivity contribution in [3.63, 3.8) is 0 Å². The highest BCUT2D eigenvalue weighted by molar-refractivity contribution is 6.42. The summed E-state index contributed by atoms with van der Waals surface area (Å²) in [4.78, 5) is 12.3. The first-order valence-corrected chi connectivity index (χ1v) is 9.24. The number of benzene rings is 3. The Labute approximate surface area is 163 Å². The lowest BCUT2D eigenvalue weighted by Gasteiger charge is -2.18. The van der Waals surface area contributed by atoms with Crippen LogP contribution in [0.1, 0.15) is 33.8 Å². The second-order valence-electron chi connectivity index (χ2n) is 6.05. The number of hydrogen-bond donors (Lipinski definition) is 1. The third-order valence-electron chi connectivity index (χ3n) is 4.30. The average molecular weight is 384 g/mol. The number of carbonyl (C=O) groups is 1. The second-order valence-corrected chi connectivity index (χ2v) is 6.86. The van der Waals surface area contributed by atoms with Crippen molar-refractivity contribution < 1.29 is 4.79 Å². The summed E-state index contributed by atoms with van der Waals surface area (Å²) >= 11 is 11.9. The highest BCUT2D eigenvalue weighted by Gasteiger charge is 2.14. The van der Waals surface area contributed by atoms with E-state index in [0.717, 1.165) is 6.42 Å². The molecule has 0 radical (unpaired) electrons.